The van der Waals surface area contributed by atoms with Gasteiger partial charge in [0.1, 0.15) is 5.82 Å². The number of pyridine rings is 1. The molecule has 0 aliphatic rings. The second-order valence-corrected chi connectivity index (χ2v) is 8.51. The van der Waals surface area contributed by atoms with E-state index in [0.717, 1.165) is 46.6 Å². The number of carbonyl (C=O) groups is 1. The molecule has 0 spiro atoms. The normalized spacial score (nSPS) is 11.0. The third-order valence-corrected chi connectivity index (χ3v) is 5.92. The molecule has 0 aliphatic heterocycles. The Hall–Kier alpha value is -4.53. The lowest BCUT2D eigenvalue weighted by molar-refractivity contribution is 0.0982. The number of Topliss-reactive ketones (excluding diaryl/α,β-unsaturated/α-hetero) is 1. The van der Waals surface area contributed by atoms with Gasteiger partial charge in [-0.25, -0.2) is 9.67 Å². The summed E-state index contributed by atoms with van der Waals surface area (Å²) in [6.07, 6.45) is 4.59. The molecule has 0 radical (unpaired) electrons. The summed E-state index contributed by atoms with van der Waals surface area (Å²) in [4.78, 5) is 22.2. The van der Waals surface area contributed by atoms with Gasteiger partial charge in [-0.1, -0.05) is 74.0 Å². The lowest BCUT2D eigenvalue weighted by atomic mass is 10.0. The number of rotatable bonds is 10. The molecule has 9 nitrogen and oxygen atoms in total. The molecule has 0 saturated carbocycles. The third kappa shape index (κ3) is 5.25. The van der Waals surface area contributed by atoms with E-state index in [9.17, 15) is 4.79 Å². The average Bonchev–Trinajstić information content (AvgIpc) is 3.59. The minimum absolute atomic E-state index is 0.0842. The molecule has 0 saturated heterocycles. The van der Waals surface area contributed by atoms with Gasteiger partial charge in [-0.05, 0) is 28.8 Å². The lowest BCUT2D eigenvalue weighted by Gasteiger charge is -2.08. The van der Waals surface area contributed by atoms with Gasteiger partial charge in [-0.15, -0.1) is 15.3 Å². The number of benzene rings is 2. The van der Waals surface area contributed by atoms with Crippen molar-refractivity contribution in [2.45, 2.75) is 39.2 Å². The Morgan fingerprint density at radius 3 is 2.50 bits per heavy atom. The number of aromatic amines is 1. The van der Waals surface area contributed by atoms with Crippen molar-refractivity contribution < 1.29 is 4.79 Å². The third-order valence-electron chi connectivity index (χ3n) is 5.92. The molecule has 0 amide bonds. The molecular weight excluding hydrogens is 452 g/mol. The second kappa shape index (κ2) is 10.8. The van der Waals surface area contributed by atoms with Crippen molar-refractivity contribution in [3.8, 4) is 22.5 Å². The Morgan fingerprint density at radius 2 is 1.78 bits per heavy atom. The highest BCUT2D eigenvalue weighted by Crippen LogP contribution is 2.29. The van der Waals surface area contributed by atoms with Gasteiger partial charge in [0.25, 0.3) is 0 Å². The number of hydrogen-bond acceptors (Lipinski definition) is 7. The van der Waals surface area contributed by atoms with Crippen molar-refractivity contribution >= 4 is 5.78 Å². The molecule has 3 heterocycles. The molecule has 3 aromatic heterocycles. The van der Waals surface area contributed by atoms with Gasteiger partial charge in [0.05, 0.1) is 0 Å². The Bertz CT molecular complexity index is 1430. The van der Waals surface area contributed by atoms with Crippen molar-refractivity contribution in [1.82, 2.24) is 40.4 Å². The van der Waals surface area contributed by atoms with Gasteiger partial charge in [-0.2, -0.15) is 5.21 Å². The van der Waals surface area contributed by atoms with Crippen molar-refractivity contribution in [1.29, 1.82) is 0 Å². The maximum Gasteiger partial charge on any atom is 0.217 e. The van der Waals surface area contributed by atoms with Crippen LogP contribution >= 0.6 is 0 Å². The summed E-state index contributed by atoms with van der Waals surface area (Å²) in [6.45, 7) is 2.85. The number of tetrazole rings is 1. The van der Waals surface area contributed by atoms with E-state index in [2.05, 4.69) is 42.6 Å². The number of nitrogens with zero attached hydrogens (tertiary/aromatic N) is 7. The number of nitrogens with one attached hydrogen (secondary N) is 1. The predicted molar refractivity (Wildman–Crippen MR) is 135 cm³/mol. The van der Waals surface area contributed by atoms with E-state index in [1.807, 2.05) is 77.6 Å². The number of ketones is 1. The molecule has 36 heavy (non-hydrogen) atoms. The van der Waals surface area contributed by atoms with Crippen LogP contribution in [0.5, 0.6) is 0 Å². The molecule has 0 aliphatic carbocycles. The van der Waals surface area contributed by atoms with Gasteiger partial charge in [-0.3, -0.25) is 9.78 Å². The quantitative estimate of drug-likeness (QED) is 0.297. The van der Waals surface area contributed by atoms with E-state index in [1.54, 1.807) is 0 Å². The molecule has 0 atom stereocenters. The molecule has 1 N–H and O–H groups in total. The number of H-pyrrole nitrogens is 1. The Morgan fingerprint density at radius 1 is 0.972 bits per heavy atom. The first-order valence-electron chi connectivity index (χ1n) is 12.0. The Balaban J connectivity index is 1.37. The summed E-state index contributed by atoms with van der Waals surface area (Å²) >= 11 is 0. The first-order valence-corrected chi connectivity index (χ1v) is 12.0. The fraction of sp³-hybridized carbons (Fsp3) is 0.222. The van der Waals surface area contributed by atoms with Crippen LogP contribution in [-0.4, -0.2) is 46.2 Å². The first kappa shape index (κ1) is 23.2. The van der Waals surface area contributed by atoms with E-state index in [-0.39, 0.29) is 18.0 Å². The van der Waals surface area contributed by atoms with Crippen LogP contribution in [0.25, 0.3) is 22.5 Å². The van der Waals surface area contributed by atoms with Gasteiger partial charge in [0, 0.05) is 42.4 Å². The largest absolute Gasteiger partial charge is 0.290 e. The maximum atomic E-state index is 12.9. The smallest absolute Gasteiger partial charge is 0.217 e. The zero-order valence-corrected chi connectivity index (χ0v) is 20.0. The number of aromatic nitrogens is 8. The number of aryl methyl sites for hydroxylation is 1. The van der Waals surface area contributed by atoms with Crippen LogP contribution in [0.3, 0.4) is 0 Å². The van der Waals surface area contributed by atoms with Gasteiger partial charge >= 0.3 is 0 Å². The van der Waals surface area contributed by atoms with E-state index in [1.165, 1.54) is 0 Å². The predicted octanol–water partition coefficient (Wildman–Crippen LogP) is 4.34. The minimum Gasteiger partial charge on any atom is -0.290 e. The number of unbranched alkanes of at least 4 members (excludes halogenated alkanes) is 1. The number of carbonyl (C=O) groups excluding carboxylic acids is 1. The zero-order valence-electron chi connectivity index (χ0n) is 20.0. The van der Waals surface area contributed by atoms with Crippen LogP contribution in [0.4, 0.5) is 0 Å². The monoisotopic (exact) mass is 478 g/mol. The fourth-order valence-corrected chi connectivity index (χ4v) is 4.03. The zero-order chi connectivity index (χ0) is 24.7. The summed E-state index contributed by atoms with van der Waals surface area (Å²) in [5, 5.41) is 18.9. The van der Waals surface area contributed by atoms with Crippen LogP contribution in [0.15, 0.2) is 72.9 Å². The summed E-state index contributed by atoms with van der Waals surface area (Å²) < 4.78 is 1.85. The first-order chi connectivity index (χ1) is 17.7. The molecule has 9 heteroatoms. The Labute approximate surface area is 208 Å². The molecule has 2 aromatic carbocycles. The van der Waals surface area contributed by atoms with Crippen molar-refractivity contribution in [2.24, 2.45) is 0 Å². The standard InChI is InChI=1S/C27H26N8O/c1-2-3-15-35-25(29-27(32-35)24(36)16-19-9-5-4-6-10-19)17-21-14-13-20(18-28-21)22-11-7-8-12-23(22)26-30-33-34-31-26/h4-14,18H,2-3,15-17H2,1H3,(H,30,31,33,34). The topological polar surface area (TPSA) is 115 Å². The second-order valence-electron chi connectivity index (χ2n) is 8.51. The minimum atomic E-state index is -0.0842. The highest BCUT2D eigenvalue weighted by Gasteiger charge is 2.18. The fourth-order valence-electron chi connectivity index (χ4n) is 4.03. The SMILES string of the molecule is CCCCn1nc(C(=O)Cc2ccccc2)nc1Cc1ccc(-c2ccccc2-c2nn[nH]n2)cn1. The van der Waals surface area contributed by atoms with Crippen LogP contribution in [0, 0.1) is 0 Å². The van der Waals surface area contributed by atoms with E-state index < -0.39 is 0 Å². The van der Waals surface area contributed by atoms with Crippen LogP contribution in [0.1, 0.15) is 47.5 Å². The van der Waals surface area contributed by atoms with Crippen molar-refractivity contribution in [3.63, 3.8) is 0 Å². The molecule has 0 fully saturated rings. The highest BCUT2D eigenvalue weighted by atomic mass is 16.1. The van der Waals surface area contributed by atoms with Crippen LogP contribution < -0.4 is 0 Å². The van der Waals surface area contributed by atoms with Crippen molar-refractivity contribution in [2.75, 3.05) is 0 Å². The van der Waals surface area contributed by atoms with Crippen molar-refractivity contribution in [3.05, 3.63) is 95.8 Å². The molecule has 5 rings (SSSR count). The van der Waals surface area contributed by atoms with Gasteiger partial charge in [0.2, 0.25) is 17.4 Å². The Kier molecular flexibility index (Phi) is 6.98. The molecule has 180 valence electrons. The molecular formula is C27H26N8O. The maximum absolute atomic E-state index is 12.9. The summed E-state index contributed by atoms with van der Waals surface area (Å²) in [7, 11) is 0. The van der Waals surface area contributed by atoms with Gasteiger partial charge in [0.15, 0.2) is 0 Å². The van der Waals surface area contributed by atoms with Crippen LogP contribution in [0.2, 0.25) is 0 Å². The van der Waals surface area contributed by atoms with Gasteiger partial charge < -0.3 is 0 Å². The molecule has 0 bridgehead atoms. The summed E-state index contributed by atoms with van der Waals surface area (Å²) in [6, 6.07) is 21.5. The van der Waals surface area contributed by atoms with E-state index in [0.29, 0.717) is 18.8 Å². The highest BCUT2D eigenvalue weighted by molar-refractivity contribution is 5.94. The molecule has 5 aromatic rings. The van der Waals surface area contributed by atoms with E-state index in [4.69, 9.17) is 0 Å². The average molecular weight is 479 g/mol. The lowest BCUT2D eigenvalue weighted by Crippen LogP contribution is -2.08. The molecule has 0 unspecified atom stereocenters. The van der Waals surface area contributed by atoms with E-state index >= 15 is 0 Å². The number of hydrogen-bond donors (Lipinski definition) is 1. The summed E-state index contributed by atoms with van der Waals surface area (Å²) in [5.74, 6) is 1.45. The van der Waals surface area contributed by atoms with Crippen LogP contribution in [-0.2, 0) is 19.4 Å². The summed E-state index contributed by atoms with van der Waals surface area (Å²) in [5.41, 5.74) is 4.60.